The maximum atomic E-state index is 13.8. The Hall–Kier alpha value is -1.71. The summed E-state index contributed by atoms with van der Waals surface area (Å²) in [4.78, 5) is 31.8. The van der Waals surface area contributed by atoms with E-state index in [9.17, 15) is 28.2 Å². The van der Waals surface area contributed by atoms with E-state index in [0.717, 1.165) is 44.9 Å². The van der Waals surface area contributed by atoms with Gasteiger partial charge in [0.15, 0.2) is 0 Å². The van der Waals surface area contributed by atoms with Crippen LogP contribution in [0.3, 0.4) is 0 Å². The summed E-state index contributed by atoms with van der Waals surface area (Å²) in [6, 6.07) is -0.610. The van der Waals surface area contributed by atoms with E-state index in [0.29, 0.717) is 64.5 Å². The van der Waals surface area contributed by atoms with Crippen LogP contribution in [0, 0.1) is 36.0 Å². The van der Waals surface area contributed by atoms with Gasteiger partial charge in [0.1, 0.15) is 0 Å². The van der Waals surface area contributed by atoms with Gasteiger partial charge in [-0.2, -0.15) is 0 Å². The van der Waals surface area contributed by atoms with E-state index in [1.165, 1.54) is 5.01 Å². The number of carbonyl (C=O) groups is 2. The standard InChI is InChI=1S/C33H58N4O6S/c1-5-17-37(18-6-2)33(41)27-20-24(7-3)19-26(22-27)32(40)34-30(21-25-13-15-28(38)16-14-25)31(39)23-36(4)35-44(42,43)29-11-9-8-10-12-29/h3,24-31,35,38-39H,5-6,8-23H2,1-2,4H3,(H,34,40). The van der Waals surface area contributed by atoms with Gasteiger partial charge >= 0.3 is 0 Å². The number of carbonyl (C=O) groups excluding carboxylic acids is 2. The van der Waals surface area contributed by atoms with Crippen molar-refractivity contribution in [1.82, 2.24) is 20.1 Å². The topological polar surface area (TPSA) is 139 Å². The molecule has 0 aliphatic heterocycles. The molecule has 10 nitrogen and oxygen atoms in total. The molecule has 0 radical (unpaired) electrons. The van der Waals surface area contributed by atoms with Crippen LogP contribution in [0.15, 0.2) is 0 Å². The molecule has 5 unspecified atom stereocenters. The van der Waals surface area contributed by atoms with Gasteiger partial charge in [-0.15, -0.1) is 17.2 Å². The Morgan fingerprint density at radius 2 is 1.57 bits per heavy atom. The fraction of sp³-hybridized carbons (Fsp3) is 0.879. The molecule has 2 amide bonds. The normalized spacial score (nSPS) is 28.2. The highest BCUT2D eigenvalue weighted by atomic mass is 32.2. The van der Waals surface area contributed by atoms with E-state index in [-0.39, 0.29) is 42.2 Å². The third-order valence-corrected chi connectivity index (χ3v) is 11.8. The number of terminal acetylenes is 1. The van der Waals surface area contributed by atoms with Gasteiger partial charge in [0.2, 0.25) is 21.8 Å². The van der Waals surface area contributed by atoms with Crippen LogP contribution >= 0.6 is 0 Å². The highest BCUT2D eigenvalue weighted by Gasteiger charge is 2.39. The summed E-state index contributed by atoms with van der Waals surface area (Å²) in [5, 5.41) is 25.5. The number of hydrogen-bond acceptors (Lipinski definition) is 7. The van der Waals surface area contributed by atoms with Crippen molar-refractivity contribution in [1.29, 1.82) is 0 Å². The molecule has 252 valence electrons. The summed E-state index contributed by atoms with van der Waals surface area (Å²) in [7, 11) is -1.97. The second-order valence-corrected chi connectivity index (χ2v) is 15.6. The molecular formula is C33H58N4O6S. The molecule has 3 aliphatic rings. The van der Waals surface area contributed by atoms with Crippen LogP contribution in [-0.4, -0.2) is 90.5 Å². The van der Waals surface area contributed by atoms with Crippen molar-refractivity contribution in [2.24, 2.45) is 23.7 Å². The summed E-state index contributed by atoms with van der Waals surface area (Å²) in [6.07, 6.45) is 15.3. The smallest absolute Gasteiger partial charge is 0.227 e. The van der Waals surface area contributed by atoms with Crippen molar-refractivity contribution in [2.75, 3.05) is 26.7 Å². The molecule has 11 heteroatoms. The predicted octanol–water partition coefficient (Wildman–Crippen LogP) is 3.19. The number of amides is 2. The van der Waals surface area contributed by atoms with Crippen LogP contribution in [0.2, 0.25) is 0 Å². The average molecular weight is 639 g/mol. The first kappa shape index (κ1) is 36.8. The second kappa shape index (κ2) is 17.8. The zero-order valence-electron chi connectivity index (χ0n) is 27.3. The fourth-order valence-corrected chi connectivity index (χ4v) is 9.08. The minimum atomic E-state index is -3.57. The SMILES string of the molecule is C#CC1CC(C(=O)NC(CC2CCC(O)CC2)C(O)CN(C)NS(=O)(=O)C2CCCCC2)CC(C(=O)N(CCC)CCC)C1. The van der Waals surface area contributed by atoms with Crippen LogP contribution in [0.1, 0.15) is 110 Å². The van der Waals surface area contributed by atoms with Crippen molar-refractivity contribution >= 4 is 21.8 Å². The number of nitrogens with zero attached hydrogens (tertiary/aromatic N) is 2. The van der Waals surface area contributed by atoms with Gasteiger partial charge in [-0.25, -0.2) is 13.4 Å². The number of likely N-dealkylation sites (N-methyl/N-ethyl adjacent to an activating group) is 1. The van der Waals surface area contributed by atoms with Crippen molar-refractivity contribution in [3.63, 3.8) is 0 Å². The zero-order chi connectivity index (χ0) is 32.3. The molecule has 3 rings (SSSR count). The third-order valence-electron chi connectivity index (χ3n) is 9.89. The van der Waals surface area contributed by atoms with E-state index >= 15 is 0 Å². The average Bonchev–Trinajstić information content (AvgIpc) is 3.01. The number of rotatable bonds is 15. The molecule has 0 heterocycles. The van der Waals surface area contributed by atoms with Gasteiger partial charge in [-0.05, 0) is 83.0 Å². The Balaban J connectivity index is 1.70. The molecule has 44 heavy (non-hydrogen) atoms. The number of aliphatic hydroxyl groups excluding tert-OH is 2. The number of nitrogens with one attached hydrogen (secondary N) is 2. The predicted molar refractivity (Wildman–Crippen MR) is 172 cm³/mol. The van der Waals surface area contributed by atoms with Gasteiger partial charge in [0.25, 0.3) is 0 Å². The molecule has 3 aliphatic carbocycles. The summed E-state index contributed by atoms with van der Waals surface area (Å²) in [6.45, 7) is 5.47. The lowest BCUT2D eigenvalue weighted by Gasteiger charge is -2.37. The van der Waals surface area contributed by atoms with Crippen LogP contribution in [0.4, 0.5) is 0 Å². The van der Waals surface area contributed by atoms with Crippen molar-refractivity contribution in [3.8, 4) is 12.3 Å². The van der Waals surface area contributed by atoms with Crippen molar-refractivity contribution < 1.29 is 28.2 Å². The molecule has 4 N–H and O–H groups in total. The Bertz CT molecular complexity index is 1040. The number of sulfonamides is 1. The van der Waals surface area contributed by atoms with E-state index in [1.54, 1.807) is 7.05 Å². The Labute approximate surface area is 266 Å². The van der Waals surface area contributed by atoms with Crippen LogP contribution in [0.5, 0.6) is 0 Å². The molecule has 0 bridgehead atoms. The van der Waals surface area contributed by atoms with Crippen molar-refractivity contribution in [2.45, 2.75) is 134 Å². The Kier molecular flexibility index (Phi) is 14.9. The second-order valence-electron chi connectivity index (χ2n) is 13.7. The lowest BCUT2D eigenvalue weighted by atomic mass is 9.74. The quantitative estimate of drug-likeness (QED) is 0.160. The number of hydrazine groups is 1. The maximum absolute atomic E-state index is 13.8. The summed E-state index contributed by atoms with van der Waals surface area (Å²) in [5.74, 6) is 1.92. The summed E-state index contributed by atoms with van der Waals surface area (Å²) < 4.78 is 26.0. The van der Waals surface area contributed by atoms with E-state index in [1.807, 2.05) is 18.7 Å². The fourth-order valence-electron chi connectivity index (χ4n) is 7.47. The van der Waals surface area contributed by atoms with Gasteiger partial charge in [0.05, 0.1) is 23.5 Å². The van der Waals surface area contributed by atoms with E-state index in [2.05, 4.69) is 16.1 Å². The Morgan fingerprint density at radius 3 is 2.16 bits per heavy atom. The van der Waals surface area contributed by atoms with Crippen LogP contribution in [-0.2, 0) is 19.6 Å². The maximum Gasteiger partial charge on any atom is 0.227 e. The highest BCUT2D eigenvalue weighted by molar-refractivity contribution is 7.90. The molecule has 5 atom stereocenters. The Morgan fingerprint density at radius 1 is 0.955 bits per heavy atom. The monoisotopic (exact) mass is 638 g/mol. The molecule has 0 aromatic rings. The van der Waals surface area contributed by atoms with E-state index < -0.39 is 33.3 Å². The van der Waals surface area contributed by atoms with Crippen molar-refractivity contribution in [3.05, 3.63) is 0 Å². The first-order valence-electron chi connectivity index (χ1n) is 17.1. The van der Waals surface area contributed by atoms with Gasteiger partial charge in [-0.1, -0.05) is 33.1 Å². The highest BCUT2D eigenvalue weighted by Crippen LogP contribution is 2.35. The first-order chi connectivity index (χ1) is 21.0. The molecular weight excluding hydrogens is 580 g/mol. The molecule has 3 saturated carbocycles. The first-order valence-corrected chi connectivity index (χ1v) is 18.7. The molecule has 3 fully saturated rings. The van der Waals surface area contributed by atoms with Crippen LogP contribution < -0.4 is 10.1 Å². The molecule has 0 aromatic heterocycles. The third kappa shape index (κ3) is 11.0. The summed E-state index contributed by atoms with van der Waals surface area (Å²) in [5.41, 5.74) is 0. The van der Waals surface area contributed by atoms with Gasteiger partial charge < -0.3 is 20.4 Å². The van der Waals surface area contributed by atoms with Gasteiger partial charge in [-0.3, -0.25) is 9.59 Å². The number of aliphatic hydroxyl groups is 2. The molecule has 0 saturated heterocycles. The number of hydrogen-bond donors (Lipinski definition) is 4. The minimum absolute atomic E-state index is 0.00793. The minimum Gasteiger partial charge on any atom is -0.393 e. The molecule has 0 spiro atoms. The lowest BCUT2D eigenvalue weighted by Crippen LogP contribution is -2.54. The summed E-state index contributed by atoms with van der Waals surface area (Å²) >= 11 is 0. The lowest BCUT2D eigenvalue weighted by molar-refractivity contribution is -0.139. The van der Waals surface area contributed by atoms with E-state index in [4.69, 9.17) is 6.42 Å². The largest absolute Gasteiger partial charge is 0.393 e. The molecule has 0 aromatic carbocycles. The van der Waals surface area contributed by atoms with Gasteiger partial charge in [0, 0.05) is 44.4 Å². The zero-order valence-corrected chi connectivity index (χ0v) is 28.1. The van der Waals surface area contributed by atoms with Crippen LogP contribution in [0.25, 0.3) is 0 Å².